The largest absolute Gasteiger partial charge is 0.392 e. The Kier molecular flexibility index (Phi) is 4.19. The van der Waals surface area contributed by atoms with Gasteiger partial charge in [0.1, 0.15) is 0 Å². The zero-order chi connectivity index (χ0) is 12.3. The maximum Gasteiger partial charge on any atom is 0.328 e. The molecule has 0 saturated carbocycles. The molecule has 0 unspecified atom stereocenters. The maximum atomic E-state index is 12.9. The van der Waals surface area contributed by atoms with E-state index in [1.807, 2.05) is 4.98 Å². The molecule has 1 rings (SSSR count). The van der Waals surface area contributed by atoms with Crippen molar-refractivity contribution in [1.82, 2.24) is 9.55 Å². The maximum absolute atomic E-state index is 12.9. The van der Waals surface area contributed by atoms with Gasteiger partial charge in [0.25, 0.3) is 5.56 Å². The highest BCUT2D eigenvalue weighted by molar-refractivity contribution is 9.11. The van der Waals surface area contributed by atoms with Crippen molar-refractivity contribution in [2.75, 3.05) is 6.61 Å². The van der Waals surface area contributed by atoms with Crippen molar-refractivity contribution in [1.29, 1.82) is 0 Å². The number of allylic oxidation sites excluding steroid dienone is 1. The molecule has 0 saturated heterocycles. The summed E-state index contributed by atoms with van der Waals surface area (Å²) in [6, 6.07) is 0. The lowest BCUT2D eigenvalue weighted by Crippen LogP contribution is -2.31. The van der Waals surface area contributed by atoms with E-state index in [1.54, 1.807) is 6.92 Å². The van der Waals surface area contributed by atoms with Crippen LogP contribution < -0.4 is 11.2 Å². The predicted molar refractivity (Wildman–Crippen MR) is 60.0 cm³/mol. The molecule has 0 spiro atoms. The van der Waals surface area contributed by atoms with E-state index in [4.69, 9.17) is 5.11 Å². The number of aliphatic hydroxyl groups excluding tert-OH is 1. The summed E-state index contributed by atoms with van der Waals surface area (Å²) < 4.78 is 14.5. The van der Waals surface area contributed by atoms with Gasteiger partial charge in [-0.25, -0.2) is 4.79 Å². The molecule has 1 aromatic heterocycles. The van der Waals surface area contributed by atoms with Gasteiger partial charge in [0.05, 0.1) is 19.3 Å². The second-order valence-corrected chi connectivity index (χ2v) is 4.16. The summed E-state index contributed by atoms with van der Waals surface area (Å²) in [5.74, 6) is -1.03. The van der Waals surface area contributed by atoms with Crippen molar-refractivity contribution in [2.24, 2.45) is 0 Å². The summed E-state index contributed by atoms with van der Waals surface area (Å²) in [6.07, 6.45) is 0.826. The first-order valence-electron chi connectivity index (χ1n) is 4.40. The van der Waals surface area contributed by atoms with Crippen LogP contribution in [0.15, 0.2) is 25.8 Å². The van der Waals surface area contributed by atoms with E-state index in [9.17, 15) is 14.0 Å². The molecule has 16 heavy (non-hydrogen) atoms. The number of halogens is 2. The number of nitrogens with one attached hydrogen (secondary N) is 1. The summed E-state index contributed by atoms with van der Waals surface area (Å²) in [4.78, 5) is 23.9. The lowest BCUT2D eigenvalue weighted by Gasteiger charge is -2.06. The Morgan fingerprint density at radius 2 is 2.25 bits per heavy atom. The third kappa shape index (κ3) is 2.89. The minimum atomic E-state index is -1.04. The van der Waals surface area contributed by atoms with E-state index in [1.165, 1.54) is 0 Å². The first-order valence-corrected chi connectivity index (χ1v) is 5.19. The number of aromatic amines is 1. The Bertz CT molecular complexity index is 532. The van der Waals surface area contributed by atoms with E-state index in [-0.39, 0.29) is 13.2 Å². The second kappa shape index (κ2) is 5.22. The van der Waals surface area contributed by atoms with Gasteiger partial charge < -0.3 is 5.11 Å². The van der Waals surface area contributed by atoms with E-state index in [0.29, 0.717) is 10.1 Å². The molecule has 88 valence electrons. The average Bonchev–Trinajstić information content (AvgIpc) is 2.24. The van der Waals surface area contributed by atoms with Gasteiger partial charge in [-0.3, -0.25) is 14.3 Å². The standard InChI is InChI=1S/C9H10BrFN2O3/c1-5(4-14)6(10)2-13-3-7(11)8(15)12-9(13)16/h3,14H,2,4H2,1H3,(H,12,15,16)/b6-5-. The molecule has 0 aliphatic carbocycles. The number of hydrogen-bond acceptors (Lipinski definition) is 3. The van der Waals surface area contributed by atoms with Gasteiger partial charge in [0.2, 0.25) is 5.82 Å². The van der Waals surface area contributed by atoms with Crippen molar-refractivity contribution in [2.45, 2.75) is 13.5 Å². The van der Waals surface area contributed by atoms with Crippen molar-refractivity contribution in [3.8, 4) is 0 Å². The Morgan fingerprint density at radius 1 is 1.62 bits per heavy atom. The Hall–Kier alpha value is -1.21. The van der Waals surface area contributed by atoms with Gasteiger partial charge in [-0.1, -0.05) is 15.9 Å². The molecule has 0 bridgehead atoms. The second-order valence-electron chi connectivity index (χ2n) is 3.21. The van der Waals surface area contributed by atoms with Crippen molar-refractivity contribution < 1.29 is 9.50 Å². The van der Waals surface area contributed by atoms with Crippen LogP contribution in [0.2, 0.25) is 0 Å². The summed E-state index contributed by atoms with van der Waals surface area (Å²) in [5, 5.41) is 8.84. The van der Waals surface area contributed by atoms with Crippen LogP contribution in [0.1, 0.15) is 6.92 Å². The zero-order valence-electron chi connectivity index (χ0n) is 8.46. The van der Waals surface area contributed by atoms with E-state index < -0.39 is 17.1 Å². The summed E-state index contributed by atoms with van der Waals surface area (Å²) in [6.45, 7) is 1.55. The number of H-pyrrole nitrogens is 1. The fourth-order valence-electron chi connectivity index (χ4n) is 0.970. The molecule has 0 aliphatic rings. The number of aliphatic hydroxyl groups is 1. The Balaban J connectivity index is 3.13. The monoisotopic (exact) mass is 292 g/mol. The molecule has 5 nitrogen and oxygen atoms in total. The number of aromatic nitrogens is 2. The molecule has 1 aromatic rings. The van der Waals surface area contributed by atoms with Crippen LogP contribution in [0.25, 0.3) is 0 Å². The van der Waals surface area contributed by atoms with Crippen LogP contribution in [0.5, 0.6) is 0 Å². The van der Waals surface area contributed by atoms with Gasteiger partial charge in [0, 0.05) is 4.48 Å². The molecule has 2 N–H and O–H groups in total. The van der Waals surface area contributed by atoms with Crippen LogP contribution in [-0.4, -0.2) is 21.3 Å². The molecule has 1 heterocycles. The van der Waals surface area contributed by atoms with E-state index in [2.05, 4.69) is 15.9 Å². The SMILES string of the molecule is C/C(CO)=C(/Br)Cn1cc(F)c(=O)[nH]c1=O. The molecular weight excluding hydrogens is 283 g/mol. The van der Waals surface area contributed by atoms with Crippen molar-refractivity contribution in [3.05, 3.63) is 42.9 Å². The lowest BCUT2D eigenvalue weighted by molar-refractivity contribution is 0.330. The Morgan fingerprint density at radius 3 is 2.81 bits per heavy atom. The fraction of sp³-hybridized carbons (Fsp3) is 0.333. The minimum absolute atomic E-state index is 0.0545. The van der Waals surface area contributed by atoms with Crippen LogP contribution >= 0.6 is 15.9 Å². The summed E-state index contributed by atoms with van der Waals surface area (Å²) in [7, 11) is 0. The highest BCUT2D eigenvalue weighted by Crippen LogP contribution is 2.12. The highest BCUT2D eigenvalue weighted by Gasteiger charge is 2.06. The Labute approximate surface area is 98.4 Å². The van der Waals surface area contributed by atoms with Crippen LogP contribution in [-0.2, 0) is 6.54 Å². The van der Waals surface area contributed by atoms with Gasteiger partial charge >= 0.3 is 5.69 Å². The topological polar surface area (TPSA) is 75.1 Å². The number of rotatable bonds is 3. The fourth-order valence-corrected chi connectivity index (χ4v) is 1.37. The first kappa shape index (κ1) is 12.9. The summed E-state index contributed by atoms with van der Waals surface area (Å²) in [5.41, 5.74) is -1.12. The molecule has 0 radical (unpaired) electrons. The van der Waals surface area contributed by atoms with E-state index >= 15 is 0 Å². The molecule has 7 heteroatoms. The molecule has 0 aliphatic heterocycles. The van der Waals surface area contributed by atoms with Crippen LogP contribution in [0.4, 0.5) is 4.39 Å². The number of nitrogens with zero attached hydrogens (tertiary/aromatic N) is 1. The van der Waals surface area contributed by atoms with Crippen LogP contribution in [0.3, 0.4) is 0 Å². The normalized spacial score (nSPS) is 12.5. The molecule has 0 aromatic carbocycles. The molecule has 0 fully saturated rings. The average molecular weight is 293 g/mol. The highest BCUT2D eigenvalue weighted by atomic mass is 79.9. The summed E-state index contributed by atoms with van der Waals surface area (Å²) >= 11 is 3.16. The van der Waals surface area contributed by atoms with Gasteiger partial charge in [-0.05, 0) is 12.5 Å². The van der Waals surface area contributed by atoms with Crippen molar-refractivity contribution in [3.63, 3.8) is 0 Å². The molecule has 0 atom stereocenters. The van der Waals surface area contributed by atoms with Gasteiger partial charge in [-0.15, -0.1) is 0 Å². The zero-order valence-corrected chi connectivity index (χ0v) is 10.0. The third-order valence-electron chi connectivity index (χ3n) is 1.98. The lowest BCUT2D eigenvalue weighted by atomic mass is 10.3. The third-order valence-corrected chi connectivity index (χ3v) is 2.90. The number of hydrogen-bond donors (Lipinski definition) is 2. The predicted octanol–water partition coefficient (Wildman–Crippen LogP) is 0.337. The van der Waals surface area contributed by atoms with Crippen LogP contribution in [0, 0.1) is 5.82 Å². The smallest absolute Gasteiger partial charge is 0.328 e. The molecular formula is C9H10BrFN2O3. The van der Waals surface area contributed by atoms with Crippen molar-refractivity contribution >= 4 is 15.9 Å². The minimum Gasteiger partial charge on any atom is -0.392 e. The van der Waals surface area contributed by atoms with E-state index in [0.717, 1.165) is 10.8 Å². The molecule has 0 amide bonds. The quantitative estimate of drug-likeness (QED) is 0.843. The first-order chi connectivity index (χ1) is 7.45. The van der Waals surface area contributed by atoms with Gasteiger partial charge in [-0.2, -0.15) is 4.39 Å². The van der Waals surface area contributed by atoms with Gasteiger partial charge in [0.15, 0.2) is 0 Å².